The van der Waals surface area contributed by atoms with E-state index in [4.69, 9.17) is 15.1 Å². The van der Waals surface area contributed by atoms with Gasteiger partial charge in [0.05, 0.1) is 24.9 Å². The minimum atomic E-state index is -3.09. The summed E-state index contributed by atoms with van der Waals surface area (Å²) in [5.74, 6) is -1.11. The molecule has 5 N–H and O–H groups in total. The molecule has 4 rings (SSSR count). The van der Waals surface area contributed by atoms with Crippen molar-refractivity contribution >= 4 is 18.6 Å². The first-order chi connectivity index (χ1) is 14.2. The fourth-order valence-corrected chi connectivity index (χ4v) is 4.61. The minimum Gasteiger partial charge on any atom is -0.669 e. The van der Waals surface area contributed by atoms with Crippen LogP contribution in [0.4, 0.5) is 0 Å². The van der Waals surface area contributed by atoms with Crippen molar-refractivity contribution < 1.29 is 34.1 Å². The van der Waals surface area contributed by atoms with E-state index in [0.29, 0.717) is 25.1 Å². The molecule has 1 atom stereocenters. The summed E-state index contributed by atoms with van der Waals surface area (Å²) in [5.41, 5.74) is 6.55. The lowest BCUT2D eigenvalue weighted by Crippen LogP contribution is -2.61. The maximum absolute atomic E-state index is 12.6. The number of fused-ring (bicyclic) bond motifs is 1. The molecule has 1 saturated heterocycles. The number of carboxylic acid groups (broad SMARTS) is 1. The van der Waals surface area contributed by atoms with Gasteiger partial charge in [-0.05, 0) is 36.8 Å². The van der Waals surface area contributed by atoms with Crippen molar-refractivity contribution in [3.63, 3.8) is 0 Å². The SMILES string of the molecule is NC(C(=O)N1CC(Oc2ccc3c(c2C(=O)O)O[B-](O)(O)CC3)C1)C1CCCCC1. The molecule has 1 amide bonds. The Hall–Kier alpha value is -2.30. The monoisotopic (exact) mass is 419 g/mol. The summed E-state index contributed by atoms with van der Waals surface area (Å²) in [6, 6.07) is 2.73. The number of aryl methyl sites for hydroxylation is 1. The summed E-state index contributed by atoms with van der Waals surface area (Å²) in [6.45, 7) is -2.41. The van der Waals surface area contributed by atoms with Crippen molar-refractivity contribution in [2.45, 2.75) is 57.0 Å². The second-order valence-electron chi connectivity index (χ2n) is 8.65. The van der Waals surface area contributed by atoms with Gasteiger partial charge in [0.25, 0.3) is 0 Å². The van der Waals surface area contributed by atoms with Crippen molar-refractivity contribution in [2.24, 2.45) is 11.7 Å². The molecule has 0 bridgehead atoms. The Labute approximate surface area is 174 Å². The third kappa shape index (κ3) is 4.12. The third-order valence-electron chi connectivity index (χ3n) is 6.41. The summed E-state index contributed by atoms with van der Waals surface area (Å²) in [7, 11) is 0. The van der Waals surface area contributed by atoms with Gasteiger partial charge in [-0.15, -0.1) is 0 Å². The molecule has 10 heteroatoms. The largest absolute Gasteiger partial charge is 0.669 e. The van der Waals surface area contributed by atoms with E-state index in [9.17, 15) is 24.7 Å². The van der Waals surface area contributed by atoms with E-state index in [1.165, 1.54) is 6.42 Å². The van der Waals surface area contributed by atoms with Crippen LogP contribution < -0.4 is 15.1 Å². The lowest BCUT2D eigenvalue weighted by atomic mass is 9.70. The van der Waals surface area contributed by atoms with Gasteiger partial charge in [0.15, 0.2) is 0 Å². The van der Waals surface area contributed by atoms with Gasteiger partial charge in [-0.2, -0.15) is 0 Å². The van der Waals surface area contributed by atoms with Gasteiger partial charge in [0, 0.05) is 0 Å². The Morgan fingerprint density at radius 1 is 1.20 bits per heavy atom. The van der Waals surface area contributed by atoms with Crippen molar-refractivity contribution in [2.75, 3.05) is 13.1 Å². The molecule has 2 heterocycles. The fourth-order valence-electron chi connectivity index (χ4n) is 4.61. The molecule has 9 nitrogen and oxygen atoms in total. The molecule has 1 aromatic rings. The molecule has 0 aromatic heterocycles. The predicted octanol–water partition coefficient (Wildman–Crippen LogP) is 0.740. The van der Waals surface area contributed by atoms with Crippen LogP contribution in [-0.4, -0.2) is 63.9 Å². The molecule has 0 radical (unpaired) electrons. The smallest absolute Gasteiger partial charge is 0.430 e. The number of carbonyl (C=O) groups excluding carboxylic acids is 1. The van der Waals surface area contributed by atoms with Crippen molar-refractivity contribution in [3.8, 4) is 11.5 Å². The number of likely N-dealkylation sites (tertiary alicyclic amines) is 1. The molecule has 1 aliphatic carbocycles. The van der Waals surface area contributed by atoms with Crippen LogP contribution in [0.5, 0.6) is 11.5 Å². The summed E-state index contributed by atoms with van der Waals surface area (Å²) in [5, 5.41) is 29.3. The van der Waals surface area contributed by atoms with E-state index in [-0.39, 0.29) is 41.3 Å². The first kappa shape index (κ1) is 21.0. The Bertz CT molecular complexity index is 835. The molecular weight excluding hydrogens is 391 g/mol. The minimum absolute atomic E-state index is 0.00715. The lowest BCUT2D eigenvalue weighted by Gasteiger charge is -2.42. The number of benzene rings is 1. The molecule has 2 fully saturated rings. The number of carbonyl (C=O) groups is 2. The van der Waals surface area contributed by atoms with Crippen LogP contribution in [0.2, 0.25) is 6.32 Å². The summed E-state index contributed by atoms with van der Waals surface area (Å²) < 4.78 is 11.0. The molecule has 1 aromatic carbocycles. The second kappa shape index (κ2) is 8.09. The molecule has 164 valence electrons. The highest BCUT2D eigenvalue weighted by atomic mass is 16.6. The molecule has 1 unspecified atom stereocenters. The van der Waals surface area contributed by atoms with Crippen LogP contribution in [0.15, 0.2) is 12.1 Å². The van der Waals surface area contributed by atoms with E-state index in [0.717, 1.165) is 25.7 Å². The summed E-state index contributed by atoms with van der Waals surface area (Å²) in [4.78, 5) is 26.1. The normalized spacial score (nSPS) is 22.4. The van der Waals surface area contributed by atoms with Crippen LogP contribution in [0, 0.1) is 5.92 Å². The average Bonchev–Trinajstić information content (AvgIpc) is 2.68. The quantitative estimate of drug-likeness (QED) is 0.512. The molecule has 3 aliphatic rings. The molecule has 30 heavy (non-hydrogen) atoms. The summed E-state index contributed by atoms with van der Waals surface area (Å²) in [6.07, 6.45) is 5.33. The van der Waals surface area contributed by atoms with E-state index in [2.05, 4.69) is 0 Å². The standard InChI is InChI=1S/C20H28BN2O7/c22-17(12-4-2-1-3-5-12)19(24)23-10-14(11-23)29-15-7-6-13-8-9-21(27,28)30-18(13)16(15)20(25)26/h6-7,12,14,17,27-28H,1-5,8-11,22H2,(H,25,26)/q-1. The van der Waals surface area contributed by atoms with Crippen LogP contribution in [0.3, 0.4) is 0 Å². The number of aromatic carboxylic acids is 1. The second-order valence-corrected chi connectivity index (χ2v) is 8.65. The van der Waals surface area contributed by atoms with E-state index >= 15 is 0 Å². The third-order valence-corrected chi connectivity index (χ3v) is 6.41. The first-order valence-electron chi connectivity index (χ1n) is 10.6. The Balaban J connectivity index is 1.41. The lowest BCUT2D eigenvalue weighted by molar-refractivity contribution is -0.143. The highest BCUT2D eigenvalue weighted by molar-refractivity contribution is 6.59. The first-order valence-corrected chi connectivity index (χ1v) is 10.6. The van der Waals surface area contributed by atoms with E-state index in [1.807, 2.05) is 0 Å². The number of hydrogen-bond donors (Lipinski definition) is 4. The van der Waals surface area contributed by atoms with Gasteiger partial charge in [0.2, 0.25) is 5.91 Å². The van der Waals surface area contributed by atoms with E-state index < -0.39 is 18.8 Å². The molecule has 0 spiro atoms. The van der Waals surface area contributed by atoms with Crippen molar-refractivity contribution in [3.05, 3.63) is 23.3 Å². The maximum Gasteiger partial charge on any atom is 0.430 e. The van der Waals surface area contributed by atoms with Gasteiger partial charge in [0.1, 0.15) is 17.4 Å². The zero-order valence-electron chi connectivity index (χ0n) is 16.8. The highest BCUT2D eigenvalue weighted by Gasteiger charge is 2.39. The molecule has 2 aliphatic heterocycles. The number of rotatable bonds is 5. The van der Waals surface area contributed by atoms with Crippen LogP contribution in [0.1, 0.15) is 48.0 Å². The number of nitrogens with zero attached hydrogens (tertiary/aromatic N) is 1. The van der Waals surface area contributed by atoms with Crippen LogP contribution >= 0.6 is 0 Å². The average molecular weight is 419 g/mol. The zero-order valence-corrected chi connectivity index (χ0v) is 16.8. The number of hydrogen-bond acceptors (Lipinski definition) is 7. The van der Waals surface area contributed by atoms with Gasteiger partial charge in [-0.25, -0.2) is 4.79 Å². The van der Waals surface area contributed by atoms with Gasteiger partial charge >= 0.3 is 12.7 Å². The molecular formula is C20H28BN2O7-. The molecule has 1 saturated carbocycles. The highest BCUT2D eigenvalue weighted by Crippen LogP contribution is 2.39. The van der Waals surface area contributed by atoms with Gasteiger partial charge in [-0.1, -0.05) is 31.6 Å². The van der Waals surface area contributed by atoms with Gasteiger partial charge < -0.3 is 35.2 Å². The zero-order chi connectivity index (χ0) is 21.5. The van der Waals surface area contributed by atoms with Crippen LogP contribution in [-0.2, 0) is 11.2 Å². The predicted molar refractivity (Wildman–Crippen MR) is 108 cm³/mol. The van der Waals surface area contributed by atoms with Crippen molar-refractivity contribution in [1.29, 1.82) is 0 Å². The fraction of sp³-hybridized carbons (Fsp3) is 0.600. The Morgan fingerprint density at radius 2 is 1.90 bits per heavy atom. The number of ether oxygens (including phenoxy) is 1. The number of amides is 1. The van der Waals surface area contributed by atoms with Gasteiger partial charge in [-0.3, -0.25) is 4.79 Å². The summed E-state index contributed by atoms with van der Waals surface area (Å²) >= 11 is 0. The van der Waals surface area contributed by atoms with Crippen molar-refractivity contribution in [1.82, 2.24) is 4.90 Å². The number of nitrogens with two attached hydrogens (primary N) is 1. The Morgan fingerprint density at radius 3 is 2.57 bits per heavy atom. The van der Waals surface area contributed by atoms with Crippen LogP contribution in [0.25, 0.3) is 0 Å². The maximum atomic E-state index is 12.6. The Kier molecular flexibility index (Phi) is 5.65. The number of carboxylic acids is 1. The van der Waals surface area contributed by atoms with E-state index in [1.54, 1.807) is 17.0 Å². The topological polar surface area (TPSA) is 143 Å².